The quantitative estimate of drug-likeness (QED) is 0.593. The van der Waals surface area contributed by atoms with E-state index in [4.69, 9.17) is 9.47 Å². The molecule has 0 bridgehead atoms. The van der Waals surface area contributed by atoms with Crippen LogP contribution in [0.1, 0.15) is 27.5 Å². The van der Waals surface area contributed by atoms with Crippen LogP contribution in [0.2, 0.25) is 0 Å². The lowest BCUT2D eigenvalue weighted by molar-refractivity contribution is -0.151. The number of benzene rings is 2. The molecular formula is C20H24F3NO4S2. The Balaban J connectivity index is 2.55. The van der Waals surface area contributed by atoms with Crippen molar-refractivity contribution >= 4 is 22.7 Å². The van der Waals surface area contributed by atoms with Crippen LogP contribution in [-0.4, -0.2) is 34.9 Å². The molecule has 0 radical (unpaired) electrons. The highest BCUT2D eigenvalue weighted by atomic mass is 32.2. The summed E-state index contributed by atoms with van der Waals surface area (Å²) in [7, 11) is -1.83. The minimum absolute atomic E-state index is 0.0440. The van der Waals surface area contributed by atoms with Gasteiger partial charge in [0.2, 0.25) is 10.0 Å². The van der Waals surface area contributed by atoms with Crippen molar-refractivity contribution in [2.75, 3.05) is 14.2 Å². The smallest absolute Gasteiger partial charge is 0.406 e. The molecule has 10 heteroatoms. The molecule has 0 aliphatic carbocycles. The molecule has 2 aromatic rings. The molecule has 2 unspecified atom stereocenters. The van der Waals surface area contributed by atoms with Crippen molar-refractivity contribution in [1.29, 1.82) is 0 Å². The highest BCUT2D eigenvalue weighted by Crippen LogP contribution is 2.40. The van der Waals surface area contributed by atoms with Gasteiger partial charge in [0.15, 0.2) is 0 Å². The lowest BCUT2D eigenvalue weighted by Crippen LogP contribution is -2.48. The van der Waals surface area contributed by atoms with Gasteiger partial charge in [-0.1, -0.05) is 17.7 Å². The Morgan fingerprint density at radius 3 is 2.03 bits per heavy atom. The predicted octanol–water partition coefficient (Wildman–Crippen LogP) is 4.51. The third-order valence-corrected chi connectivity index (χ3v) is 6.90. The number of aryl methyl sites for hydroxylation is 3. The average molecular weight is 464 g/mol. The first-order chi connectivity index (χ1) is 13.8. The maximum atomic E-state index is 13.9. The van der Waals surface area contributed by atoms with Crippen LogP contribution in [-0.2, 0) is 10.0 Å². The van der Waals surface area contributed by atoms with Crippen LogP contribution in [0.3, 0.4) is 0 Å². The fourth-order valence-corrected chi connectivity index (χ4v) is 5.61. The Morgan fingerprint density at radius 1 is 1.00 bits per heavy atom. The van der Waals surface area contributed by atoms with E-state index in [1.165, 1.54) is 32.4 Å². The topological polar surface area (TPSA) is 64.6 Å². The highest BCUT2D eigenvalue weighted by Gasteiger charge is 2.47. The van der Waals surface area contributed by atoms with Gasteiger partial charge in [0.25, 0.3) is 0 Å². The summed E-state index contributed by atoms with van der Waals surface area (Å²) in [6, 6.07) is 5.00. The summed E-state index contributed by atoms with van der Waals surface area (Å²) in [5.41, 5.74) is 1.57. The number of halogens is 3. The maximum Gasteiger partial charge on any atom is 0.406 e. The molecule has 0 amide bonds. The zero-order valence-electron chi connectivity index (χ0n) is 17.2. The van der Waals surface area contributed by atoms with Gasteiger partial charge in [-0.2, -0.15) is 30.5 Å². The number of hydrogen-bond acceptors (Lipinski definition) is 5. The Morgan fingerprint density at radius 2 is 1.57 bits per heavy atom. The van der Waals surface area contributed by atoms with Crippen LogP contribution in [0.4, 0.5) is 13.2 Å². The van der Waals surface area contributed by atoms with Crippen molar-refractivity contribution in [1.82, 2.24) is 4.72 Å². The van der Waals surface area contributed by atoms with E-state index in [1.807, 2.05) is 4.72 Å². The van der Waals surface area contributed by atoms with E-state index < -0.39 is 27.5 Å². The number of rotatable bonds is 7. The number of thiol groups is 1. The second-order valence-corrected chi connectivity index (χ2v) is 9.13. The van der Waals surface area contributed by atoms with Gasteiger partial charge in [0.05, 0.1) is 24.4 Å². The van der Waals surface area contributed by atoms with Gasteiger partial charge in [0, 0.05) is 5.56 Å². The summed E-state index contributed by atoms with van der Waals surface area (Å²) in [4.78, 5) is -0.180. The first-order valence-electron chi connectivity index (χ1n) is 8.88. The summed E-state index contributed by atoms with van der Waals surface area (Å²) >= 11 is 4.13. The Kier molecular flexibility index (Phi) is 7.36. The van der Waals surface area contributed by atoms with E-state index in [2.05, 4.69) is 12.6 Å². The minimum atomic E-state index is -4.92. The summed E-state index contributed by atoms with van der Waals surface area (Å²) in [5, 5.41) is -1.59. The summed E-state index contributed by atoms with van der Waals surface area (Å²) < 4.78 is 79.8. The second-order valence-electron chi connectivity index (χ2n) is 6.92. The van der Waals surface area contributed by atoms with Gasteiger partial charge < -0.3 is 9.47 Å². The van der Waals surface area contributed by atoms with Crippen LogP contribution in [0, 0.1) is 20.8 Å². The third kappa shape index (κ3) is 5.22. The van der Waals surface area contributed by atoms with Gasteiger partial charge in [-0.05, 0) is 50.1 Å². The van der Waals surface area contributed by atoms with Gasteiger partial charge in [-0.15, -0.1) is 0 Å². The molecular weight excluding hydrogens is 439 g/mol. The van der Waals surface area contributed by atoms with Crippen LogP contribution in [0.25, 0.3) is 0 Å². The summed E-state index contributed by atoms with van der Waals surface area (Å²) in [5.74, 6) is 0.422. The molecule has 2 aromatic carbocycles. The Hall–Kier alpha value is -1.91. The molecule has 2 rings (SSSR count). The Labute approximate surface area is 180 Å². The molecule has 0 spiro atoms. The van der Waals surface area contributed by atoms with Crippen molar-refractivity contribution in [3.8, 4) is 11.5 Å². The number of hydrogen-bond donors (Lipinski definition) is 2. The molecule has 0 heterocycles. The molecule has 0 aromatic heterocycles. The zero-order valence-corrected chi connectivity index (χ0v) is 18.9. The third-order valence-electron chi connectivity index (χ3n) is 4.58. The number of nitrogens with one attached hydrogen (secondary N) is 1. The number of alkyl halides is 3. The van der Waals surface area contributed by atoms with Gasteiger partial charge >= 0.3 is 6.18 Å². The fourth-order valence-electron chi connectivity index (χ4n) is 3.38. The summed E-state index contributed by atoms with van der Waals surface area (Å²) in [6.45, 7) is 4.86. The number of sulfonamides is 1. The number of methoxy groups -OCH3 is 2. The number of ether oxygens (including phenoxy) is 2. The molecule has 166 valence electrons. The SMILES string of the molecule is COc1ccc(OC)c(C(S)C(NS(=O)(=O)c2c(C)cc(C)cc2C)C(F)(F)F)c1. The lowest BCUT2D eigenvalue weighted by Gasteiger charge is -2.28. The molecule has 2 atom stereocenters. The highest BCUT2D eigenvalue weighted by molar-refractivity contribution is 7.89. The van der Waals surface area contributed by atoms with E-state index in [0.29, 0.717) is 16.9 Å². The predicted molar refractivity (Wildman–Crippen MR) is 112 cm³/mol. The largest absolute Gasteiger partial charge is 0.497 e. The Bertz CT molecular complexity index is 1000. The normalized spacial score (nSPS) is 14.3. The molecule has 1 N–H and O–H groups in total. The zero-order chi connectivity index (χ0) is 22.9. The first-order valence-corrected chi connectivity index (χ1v) is 10.9. The summed E-state index contributed by atoms with van der Waals surface area (Å²) in [6.07, 6.45) is -4.92. The molecule has 0 fully saturated rings. The van der Waals surface area contributed by atoms with Crippen molar-refractivity contribution < 1.29 is 31.1 Å². The molecule has 0 saturated carbocycles. The molecule has 30 heavy (non-hydrogen) atoms. The van der Waals surface area contributed by atoms with Crippen LogP contribution in [0.15, 0.2) is 35.2 Å². The molecule has 0 aliphatic rings. The van der Waals surface area contributed by atoms with Gasteiger partial charge in [-0.3, -0.25) is 0 Å². The monoisotopic (exact) mass is 463 g/mol. The first kappa shape index (κ1) is 24.4. The minimum Gasteiger partial charge on any atom is -0.497 e. The van der Waals surface area contributed by atoms with Crippen LogP contribution >= 0.6 is 12.6 Å². The van der Waals surface area contributed by atoms with Gasteiger partial charge in [0.1, 0.15) is 17.5 Å². The van der Waals surface area contributed by atoms with Crippen LogP contribution < -0.4 is 14.2 Å². The fraction of sp³-hybridized carbons (Fsp3) is 0.400. The molecule has 0 saturated heterocycles. The van der Waals surface area contributed by atoms with E-state index in [-0.39, 0.29) is 16.2 Å². The average Bonchev–Trinajstić information content (AvgIpc) is 2.63. The van der Waals surface area contributed by atoms with Crippen molar-refractivity contribution in [2.45, 2.75) is 43.1 Å². The van der Waals surface area contributed by atoms with Gasteiger partial charge in [-0.25, -0.2) is 8.42 Å². The van der Waals surface area contributed by atoms with Crippen molar-refractivity contribution in [3.63, 3.8) is 0 Å². The van der Waals surface area contributed by atoms with Crippen LogP contribution in [0.5, 0.6) is 11.5 Å². The van der Waals surface area contributed by atoms with E-state index in [1.54, 1.807) is 32.9 Å². The van der Waals surface area contributed by atoms with E-state index in [9.17, 15) is 21.6 Å². The van der Waals surface area contributed by atoms with Crippen molar-refractivity contribution in [2.24, 2.45) is 0 Å². The van der Waals surface area contributed by atoms with Crippen molar-refractivity contribution in [3.05, 3.63) is 52.6 Å². The molecule has 0 aliphatic heterocycles. The second kappa shape index (κ2) is 9.07. The van der Waals surface area contributed by atoms with E-state index >= 15 is 0 Å². The lowest BCUT2D eigenvalue weighted by atomic mass is 10.0. The van der Waals surface area contributed by atoms with E-state index in [0.717, 1.165) is 5.56 Å². The standard InChI is InChI=1S/C20H24F3NO4S2/c1-11-8-12(2)18(13(3)9-11)30(25,26)24-19(20(21,22)23)17(29)15-10-14(27-4)6-7-16(15)28-5/h6-10,17,19,24,29H,1-5H3. The molecule has 5 nitrogen and oxygen atoms in total. The maximum absolute atomic E-state index is 13.9.